The molecule has 1 unspecified atom stereocenters. The number of rotatable bonds is 9. The van der Waals surface area contributed by atoms with Gasteiger partial charge in [-0.3, -0.25) is 0 Å². The van der Waals surface area contributed by atoms with E-state index in [2.05, 4.69) is 13.8 Å². The highest BCUT2D eigenvalue weighted by Gasteiger charge is 2.09. The van der Waals surface area contributed by atoms with E-state index in [1.54, 1.807) is 13.2 Å². The van der Waals surface area contributed by atoms with Crippen LogP contribution in [0.5, 0.6) is 11.5 Å². The van der Waals surface area contributed by atoms with Crippen molar-refractivity contribution >= 4 is 6.08 Å². The molecule has 3 nitrogen and oxygen atoms in total. The van der Waals surface area contributed by atoms with Crippen molar-refractivity contribution < 1.29 is 9.47 Å². The van der Waals surface area contributed by atoms with Gasteiger partial charge >= 0.3 is 0 Å². The minimum Gasteiger partial charge on any atom is -0.497 e. The molecule has 0 bridgehead atoms. The number of ether oxygens (including phenoxy) is 2. The van der Waals surface area contributed by atoms with Crippen molar-refractivity contribution in [3.05, 3.63) is 29.8 Å². The van der Waals surface area contributed by atoms with Gasteiger partial charge in [0.05, 0.1) is 19.8 Å². The van der Waals surface area contributed by atoms with E-state index in [-0.39, 0.29) is 0 Å². The molecule has 1 atom stereocenters. The van der Waals surface area contributed by atoms with Crippen LogP contribution in [-0.4, -0.2) is 13.7 Å². The standard InChI is InChI=1S/C18H25NO2/c1-4-6-8-15(5-2)14-21-18-11-10-17(20-3)13-16(18)9-7-12-19/h7,9-11,13,15H,4-6,8,14H2,1-3H3/b9-7+. The zero-order valence-electron chi connectivity index (χ0n) is 13.3. The van der Waals surface area contributed by atoms with Gasteiger partial charge in [0.2, 0.25) is 0 Å². The minimum absolute atomic E-state index is 0.583. The second-order valence-electron chi connectivity index (χ2n) is 5.09. The number of hydrogen-bond donors (Lipinski definition) is 0. The highest BCUT2D eigenvalue weighted by atomic mass is 16.5. The van der Waals surface area contributed by atoms with E-state index < -0.39 is 0 Å². The molecule has 114 valence electrons. The lowest BCUT2D eigenvalue weighted by molar-refractivity contribution is 0.232. The number of allylic oxidation sites excluding steroid dienone is 1. The zero-order chi connectivity index (χ0) is 15.5. The van der Waals surface area contributed by atoms with Crippen LogP contribution < -0.4 is 9.47 Å². The maximum Gasteiger partial charge on any atom is 0.126 e. The summed E-state index contributed by atoms with van der Waals surface area (Å²) in [6.45, 7) is 5.13. The summed E-state index contributed by atoms with van der Waals surface area (Å²) >= 11 is 0. The van der Waals surface area contributed by atoms with Crippen LogP contribution in [0, 0.1) is 17.2 Å². The summed E-state index contributed by atoms with van der Waals surface area (Å²) in [5.74, 6) is 2.15. The molecule has 3 heteroatoms. The van der Waals surface area contributed by atoms with E-state index in [1.807, 2.05) is 24.3 Å². The predicted octanol–water partition coefficient (Wildman–Crippen LogP) is 4.83. The number of hydrogen-bond acceptors (Lipinski definition) is 3. The Morgan fingerprint density at radius 3 is 2.76 bits per heavy atom. The maximum atomic E-state index is 8.69. The van der Waals surface area contributed by atoms with Crippen LogP contribution in [0.3, 0.4) is 0 Å². The van der Waals surface area contributed by atoms with Crippen LogP contribution in [0.4, 0.5) is 0 Å². The number of methoxy groups -OCH3 is 1. The molecule has 0 heterocycles. The van der Waals surface area contributed by atoms with Crippen LogP contribution in [-0.2, 0) is 0 Å². The molecule has 0 aliphatic heterocycles. The van der Waals surface area contributed by atoms with Crippen LogP contribution in [0.25, 0.3) is 6.08 Å². The third-order valence-corrected chi connectivity index (χ3v) is 3.57. The first kappa shape index (κ1) is 17.1. The molecule has 0 spiro atoms. The molecule has 1 aromatic rings. The van der Waals surface area contributed by atoms with Gasteiger partial charge < -0.3 is 9.47 Å². The molecule has 0 N–H and O–H groups in total. The Bertz CT molecular complexity index is 488. The van der Waals surface area contributed by atoms with E-state index in [0.717, 1.165) is 30.1 Å². The van der Waals surface area contributed by atoms with Gasteiger partial charge in [0.1, 0.15) is 11.5 Å². The first-order chi connectivity index (χ1) is 10.2. The fourth-order valence-corrected chi connectivity index (χ4v) is 2.15. The van der Waals surface area contributed by atoms with Gasteiger partial charge in [0, 0.05) is 11.6 Å². The largest absolute Gasteiger partial charge is 0.497 e. The molecule has 0 fully saturated rings. The van der Waals surface area contributed by atoms with Crippen LogP contribution in [0.15, 0.2) is 24.3 Å². The van der Waals surface area contributed by atoms with Crippen LogP contribution in [0.1, 0.15) is 45.1 Å². The molecule has 0 saturated carbocycles. The van der Waals surface area contributed by atoms with Crippen molar-refractivity contribution in [3.8, 4) is 17.6 Å². The lowest BCUT2D eigenvalue weighted by Crippen LogP contribution is -2.11. The van der Waals surface area contributed by atoms with Crippen molar-refractivity contribution in [1.82, 2.24) is 0 Å². The number of benzene rings is 1. The van der Waals surface area contributed by atoms with E-state index in [4.69, 9.17) is 14.7 Å². The van der Waals surface area contributed by atoms with E-state index in [9.17, 15) is 0 Å². The van der Waals surface area contributed by atoms with Gasteiger partial charge in [0.25, 0.3) is 0 Å². The number of nitrogens with zero attached hydrogens (tertiary/aromatic N) is 1. The SMILES string of the molecule is CCCCC(CC)COc1ccc(OC)cc1/C=C/C#N. The molecule has 21 heavy (non-hydrogen) atoms. The van der Waals surface area contributed by atoms with Crippen molar-refractivity contribution in [2.24, 2.45) is 5.92 Å². The van der Waals surface area contributed by atoms with Crippen LogP contribution in [0.2, 0.25) is 0 Å². The van der Waals surface area contributed by atoms with Gasteiger partial charge in [0.15, 0.2) is 0 Å². The predicted molar refractivity (Wildman–Crippen MR) is 86.4 cm³/mol. The molecule has 1 rings (SSSR count). The first-order valence-electron chi connectivity index (χ1n) is 7.62. The molecular formula is C18H25NO2. The maximum absolute atomic E-state index is 8.69. The van der Waals surface area contributed by atoms with Gasteiger partial charge in [-0.25, -0.2) is 0 Å². The molecule has 0 amide bonds. The summed E-state index contributed by atoms with van der Waals surface area (Å²) < 4.78 is 11.2. The molecule has 0 aliphatic carbocycles. The smallest absolute Gasteiger partial charge is 0.126 e. The third-order valence-electron chi connectivity index (χ3n) is 3.57. The van der Waals surface area contributed by atoms with E-state index in [0.29, 0.717) is 5.92 Å². The van der Waals surface area contributed by atoms with Crippen molar-refractivity contribution in [1.29, 1.82) is 5.26 Å². The van der Waals surface area contributed by atoms with Gasteiger partial charge in [-0.05, 0) is 36.6 Å². The van der Waals surface area contributed by atoms with Gasteiger partial charge in [-0.2, -0.15) is 5.26 Å². The zero-order valence-corrected chi connectivity index (χ0v) is 13.3. The quantitative estimate of drug-likeness (QED) is 0.611. The summed E-state index contributed by atoms with van der Waals surface area (Å²) in [4.78, 5) is 0. The molecule has 0 aliphatic rings. The second kappa shape index (κ2) is 9.88. The first-order valence-corrected chi connectivity index (χ1v) is 7.62. The average molecular weight is 287 g/mol. The monoisotopic (exact) mass is 287 g/mol. The summed E-state index contributed by atoms with van der Waals surface area (Å²) in [5, 5.41) is 8.69. The Morgan fingerprint density at radius 2 is 2.14 bits per heavy atom. The molecule has 0 aromatic heterocycles. The van der Waals surface area contributed by atoms with Crippen molar-refractivity contribution in [3.63, 3.8) is 0 Å². The summed E-state index contributed by atoms with van der Waals surface area (Å²) in [6, 6.07) is 7.68. The Balaban J connectivity index is 2.77. The number of unbranched alkanes of at least 4 members (excludes halogenated alkanes) is 1. The normalized spacial score (nSPS) is 12.1. The second-order valence-corrected chi connectivity index (χ2v) is 5.09. The fraction of sp³-hybridized carbons (Fsp3) is 0.500. The summed E-state index contributed by atoms with van der Waals surface area (Å²) in [7, 11) is 1.63. The van der Waals surface area contributed by atoms with Gasteiger partial charge in [-0.1, -0.05) is 33.1 Å². The summed E-state index contributed by atoms with van der Waals surface area (Å²) in [5.41, 5.74) is 0.876. The lowest BCUT2D eigenvalue weighted by Gasteiger charge is -2.17. The lowest BCUT2D eigenvalue weighted by atomic mass is 10.0. The Morgan fingerprint density at radius 1 is 1.33 bits per heavy atom. The molecule has 0 saturated heterocycles. The van der Waals surface area contributed by atoms with Gasteiger partial charge in [-0.15, -0.1) is 0 Å². The third kappa shape index (κ3) is 5.91. The topological polar surface area (TPSA) is 42.2 Å². The fourth-order valence-electron chi connectivity index (χ4n) is 2.15. The number of nitriles is 1. The molecule has 1 aromatic carbocycles. The van der Waals surface area contributed by atoms with Crippen LogP contribution >= 0.6 is 0 Å². The molecular weight excluding hydrogens is 262 g/mol. The summed E-state index contributed by atoms with van der Waals surface area (Å²) in [6.07, 6.45) is 7.99. The highest BCUT2D eigenvalue weighted by molar-refractivity contribution is 5.61. The van der Waals surface area contributed by atoms with Crippen molar-refractivity contribution in [2.45, 2.75) is 39.5 Å². The Hall–Kier alpha value is -1.95. The minimum atomic E-state index is 0.583. The highest BCUT2D eigenvalue weighted by Crippen LogP contribution is 2.26. The Kier molecular flexibility index (Phi) is 8.04. The van der Waals surface area contributed by atoms with E-state index >= 15 is 0 Å². The van der Waals surface area contributed by atoms with E-state index in [1.165, 1.54) is 25.3 Å². The van der Waals surface area contributed by atoms with Crippen molar-refractivity contribution in [2.75, 3.05) is 13.7 Å². The average Bonchev–Trinajstić information content (AvgIpc) is 2.53. The Labute approximate surface area is 128 Å². The molecule has 0 radical (unpaired) electrons.